The van der Waals surface area contributed by atoms with Crippen LogP contribution in [0.25, 0.3) is 0 Å². The smallest absolute Gasteiger partial charge is 0.127 e. The van der Waals surface area contributed by atoms with Crippen LogP contribution >= 0.6 is 0 Å². The molecule has 0 aliphatic rings. The SMILES string of the molecule is CCCN(Cc1ccccc1F)CC(O)COCc1ccccc1. The Bertz CT molecular complexity index is 591. The average molecular weight is 331 g/mol. The molecule has 3 nitrogen and oxygen atoms in total. The van der Waals surface area contributed by atoms with Gasteiger partial charge in [-0.2, -0.15) is 0 Å². The predicted molar refractivity (Wildman–Crippen MR) is 94.1 cm³/mol. The highest BCUT2D eigenvalue weighted by atomic mass is 19.1. The van der Waals surface area contributed by atoms with Crippen LogP contribution in [0.15, 0.2) is 54.6 Å². The van der Waals surface area contributed by atoms with Gasteiger partial charge in [0.25, 0.3) is 0 Å². The summed E-state index contributed by atoms with van der Waals surface area (Å²) in [5, 5.41) is 10.2. The molecule has 4 heteroatoms. The largest absolute Gasteiger partial charge is 0.389 e. The van der Waals surface area contributed by atoms with Crippen molar-refractivity contribution in [3.63, 3.8) is 0 Å². The van der Waals surface area contributed by atoms with Crippen LogP contribution in [0, 0.1) is 5.82 Å². The van der Waals surface area contributed by atoms with E-state index in [2.05, 4.69) is 11.8 Å². The van der Waals surface area contributed by atoms with Gasteiger partial charge in [0, 0.05) is 18.7 Å². The van der Waals surface area contributed by atoms with E-state index in [1.165, 1.54) is 6.07 Å². The van der Waals surface area contributed by atoms with Crippen molar-refractivity contribution in [3.8, 4) is 0 Å². The number of rotatable bonds is 10. The minimum Gasteiger partial charge on any atom is -0.389 e. The van der Waals surface area contributed by atoms with Crippen molar-refractivity contribution >= 4 is 0 Å². The topological polar surface area (TPSA) is 32.7 Å². The second kappa shape index (κ2) is 10.2. The Hall–Kier alpha value is -1.75. The quantitative estimate of drug-likeness (QED) is 0.722. The molecular weight excluding hydrogens is 305 g/mol. The van der Waals surface area contributed by atoms with Gasteiger partial charge in [0.05, 0.1) is 19.3 Å². The van der Waals surface area contributed by atoms with Gasteiger partial charge >= 0.3 is 0 Å². The summed E-state index contributed by atoms with van der Waals surface area (Å²) >= 11 is 0. The third-order valence-electron chi connectivity index (χ3n) is 3.78. The van der Waals surface area contributed by atoms with Crippen LogP contribution in [0.1, 0.15) is 24.5 Å². The Morgan fingerprint density at radius 3 is 2.50 bits per heavy atom. The predicted octanol–water partition coefficient (Wildman–Crippen LogP) is 3.62. The van der Waals surface area contributed by atoms with E-state index >= 15 is 0 Å². The fourth-order valence-electron chi connectivity index (χ4n) is 2.66. The van der Waals surface area contributed by atoms with E-state index in [4.69, 9.17) is 4.74 Å². The Morgan fingerprint density at radius 2 is 1.79 bits per heavy atom. The van der Waals surface area contributed by atoms with E-state index in [1.807, 2.05) is 36.4 Å². The number of hydrogen-bond acceptors (Lipinski definition) is 3. The normalized spacial score (nSPS) is 12.5. The van der Waals surface area contributed by atoms with Crippen LogP contribution in [0.4, 0.5) is 4.39 Å². The first kappa shape index (κ1) is 18.6. The zero-order valence-corrected chi connectivity index (χ0v) is 14.2. The molecule has 1 unspecified atom stereocenters. The number of aliphatic hydroxyl groups is 1. The summed E-state index contributed by atoms with van der Waals surface area (Å²) in [5.74, 6) is -0.201. The first-order valence-electron chi connectivity index (χ1n) is 8.44. The van der Waals surface area contributed by atoms with Crippen LogP contribution < -0.4 is 0 Å². The van der Waals surface area contributed by atoms with Crippen LogP contribution in [0.3, 0.4) is 0 Å². The third kappa shape index (κ3) is 6.40. The van der Waals surface area contributed by atoms with Crippen molar-refractivity contribution in [1.82, 2.24) is 4.90 Å². The number of hydrogen-bond donors (Lipinski definition) is 1. The van der Waals surface area contributed by atoms with Gasteiger partial charge in [-0.05, 0) is 24.6 Å². The number of halogens is 1. The maximum atomic E-state index is 13.8. The lowest BCUT2D eigenvalue weighted by Gasteiger charge is -2.25. The van der Waals surface area contributed by atoms with E-state index in [0.717, 1.165) is 18.5 Å². The van der Waals surface area contributed by atoms with Crippen molar-refractivity contribution in [3.05, 3.63) is 71.5 Å². The minimum absolute atomic E-state index is 0.201. The number of ether oxygens (including phenoxy) is 1. The zero-order valence-electron chi connectivity index (χ0n) is 14.2. The molecule has 0 fully saturated rings. The molecule has 2 aromatic rings. The van der Waals surface area contributed by atoms with Crippen molar-refractivity contribution in [1.29, 1.82) is 0 Å². The Kier molecular flexibility index (Phi) is 7.89. The number of nitrogens with zero attached hydrogens (tertiary/aromatic N) is 1. The van der Waals surface area contributed by atoms with E-state index < -0.39 is 6.10 Å². The van der Waals surface area contributed by atoms with Gasteiger partial charge in [0.1, 0.15) is 5.82 Å². The molecule has 0 aliphatic heterocycles. The highest BCUT2D eigenvalue weighted by Gasteiger charge is 2.13. The summed E-state index contributed by atoms with van der Waals surface area (Å²) < 4.78 is 19.4. The molecule has 0 heterocycles. The van der Waals surface area contributed by atoms with Crippen LogP contribution in [0.5, 0.6) is 0 Å². The second-order valence-corrected chi connectivity index (χ2v) is 5.98. The maximum Gasteiger partial charge on any atom is 0.127 e. The highest BCUT2D eigenvalue weighted by molar-refractivity contribution is 5.17. The van der Waals surface area contributed by atoms with Gasteiger partial charge in [0.2, 0.25) is 0 Å². The lowest BCUT2D eigenvalue weighted by Crippen LogP contribution is -2.35. The van der Waals surface area contributed by atoms with Gasteiger partial charge in [-0.1, -0.05) is 55.5 Å². The van der Waals surface area contributed by atoms with E-state index in [-0.39, 0.29) is 12.4 Å². The van der Waals surface area contributed by atoms with Crippen LogP contribution in [-0.2, 0) is 17.9 Å². The molecule has 0 aliphatic carbocycles. The van der Waals surface area contributed by atoms with Crippen molar-refractivity contribution in [2.24, 2.45) is 0 Å². The van der Waals surface area contributed by atoms with Crippen LogP contribution in [0.2, 0.25) is 0 Å². The lowest BCUT2D eigenvalue weighted by molar-refractivity contribution is 0.00841. The maximum absolute atomic E-state index is 13.8. The number of benzene rings is 2. The third-order valence-corrected chi connectivity index (χ3v) is 3.78. The average Bonchev–Trinajstić information content (AvgIpc) is 2.58. The molecule has 130 valence electrons. The molecule has 24 heavy (non-hydrogen) atoms. The zero-order chi connectivity index (χ0) is 17.2. The molecular formula is C20H26FNO2. The summed E-state index contributed by atoms with van der Waals surface area (Å²) in [4.78, 5) is 2.06. The lowest BCUT2D eigenvalue weighted by atomic mass is 10.2. The van der Waals surface area contributed by atoms with Crippen molar-refractivity contribution in [2.45, 2.75) is 32.6 Å². The monoisotopic (exact) mass is 331 g/mol. The summed E-state index contributed by atoms with van der Waals surface area (Å²) in [6.07, 6.45) is 0.360. The summed E-state index contributed by atoms with van der Waals surface area (Å²) in [7, 11) is 0. The van der Waals surface area contributed by atoms with E-state index in [0.29, 0.717) is 25.3 Å². The van der Waals surface area contributed by atoms with Gasteiger partial charge in [-0.15, -0.1) is 0 Å². The Morgan fingerprint density at radius 1 is 1.08 bits per heavy atom. The summed E-state index contributed by atoms with van der Waals surface area (Å²) in [6, 6.07) is 16.7. The van der Waals surface area contributed by atoms with Gasteiger partial charge in [-0.25, -0.2) is 4.39 Å². The fraction of sp³-hybridized carbons (Fsp3) is 0.400. The van der Waals surface area contributed by atoms with Crippen molar-refractivity contribution < 1.29 is 14.2 Å². The highest BCUT2D eigenvalue weighted by Crippen LogP contribution is 2.11. The fourth-order valence-corrected chi connectivity index (χ4v) is 2.66. The van der Waals surface area contributed by atoms with Crippen molar-refractivity contribution in [2.75, 3.05) is 19.7 Å². The second-order valence-electron chi connectivity index (χ2n) is 5.98. The van der Waals surface area contributed by atoms with Gasteiger partial charge in [-0.3, -0.25) is 4.90 Å². The van der Waals surface area contributed by atoms with Gasteiger partial charge in [0.15, 0.2) is 0 Å². The molecule has 1 atom stereocenters. The summed E-state index contributed by atoms with van der Waals surface area (Å²) in [6.45, 7) is 4.61. The standard InChI is InChI=1S/C20H26FNO2/c1-2-12-22(13-18-10-6-7-11-20(18)21)14-19(23)16-24-15-17-8-4-3-5-9-17/h3-11,19,23H,2,12-16H2,1H3. The number of aliphatic hydroxyl groups excluding tert-OH is 1. The minimum atomic E-state index is -0.591. The molecule has 0 bridgehead atoms. The molecule has 0 aromatic heterocycles. The van der Waals surface area contributed by atoms with Crippen LogP contribution in [-0.4, -0.2) is 35.8 Å². The molecule has 2 aromatic carbocycles. The molecule has 0 radical (unpaired) electrons. The molecule has 0 spiro atoms. The Balaban J connectivity index is 1.80. The van der Waals surface area contributed by atoms with Gasteiger partial charge < -0.3 is 9.84 Å². The first-order chi connectivity index (χ1) is 11.7. The molecule has 0 amide bonds. The molecule has 1 N–H and O–H groups in total. The Labute approximate surface area is 143 Å². The van der Waals surface area contributed by atoms with E-state index in [9.17, 15) is 9.50 Å². The summed E-state index contributed by atoms with van der Waals surface area (Å²) in [5.41, 5.74) is 1.74. The first-order valence-corrected chi connectivity index (χ1v) is 8.44. The molecule has 0 saturated heterocycles. The molecule has 0 saturated carbocycles. The molecule has 2 rings (SSSR count). The van der Waals surface area contributed by atoms with E-state index in [1.54, 1.807) is 12.1 Å².